The zero-order chi connectivity index (χ0) is 14.4. The van der Waals surface area contributed by atoms with Crippen molar-refractivity contribution in [3.63, 3.8) is 0 Å². The maximum Gasteiger partial charge on any atom is 0.190 e. The second-order valence-electron chi connectivity index (χ2n) is 5.47. The quantitative estimate of drug-likeness (QED) is 0.797. The molecule has 0 saturated heterocycles. The van der Waals surface area contributed by atoms with Crippen LogP contribution in [-0.4, -0.2) is 22.8 Å². The minimum absolute atomic E-state index is 0.0791. The topological polar surface area (TPSA) is 54.4 Å². The Balaban J connectivity index is 2.21. The second kappa shape index (κ2) is 4.53. The van der Waals surface area contributed by atoms with E-state index in [0.717, 1.165) is 5.57 Å². The minimum Gasteiger partial charge on any atom is -0.392 e. The van der Waals surface area contributed by atoms with E-state index in [1.165, 1.54) is 0 Å². The summed E-state index contributed by atoms with van der Waals surface area (Å²) in [5.74, 6) is -0.568. The van der Waals surface area contributed by atoms with Crippen LogP contribution in [0.2, 0.25) is 0 Å². The molecular weight excluding hydrogens is 252 g/mol. The molecule has 0 aliphatic heterocycles. The molecule has 3 nitrogen and oxygen atoms in total. The SMILES string of the molecule is CC1=CCC2=C(C(=O)c3ccccc3C2=O)[C@H]1[C@@H](C)O. The third kappa shape index (κ3) is 1.70. The van der Waals surface area contributed by atoms with Crippen molar-refractivity contribution in [1.29, 1.82) is 0 Å². The van der Waals surface area contributed by atoms with Crippen LogP contribution in [0.15, 0.2) is 47.1 Å². The molecule has 0 spiro atoms. The molecule has 0 fully saturated rings. The number of hydrogen-bond acceptors (Lipinski definition) is 3. The van der Waals surface area contributed by atoms with Gasteiger partial charge in [0.25, 0.3) is 0 Å². The summed E-state index contributed by atoms with van der Waals surface area (Å²) in [6.45, 7) is 3.57. The number of allylic oxidation sites excluding steroid dienone is 2. The number of carbonyl (C=O) groups excluding carboxylic acids is 2. The standard InChI is InChI=1S/C17H16O3/c1-9-7-8-13-15(14(9)10(2)18)17(20)12-6-4-3-5-11(12)16(13)19/h3-7,10,14,18H,8H2,1-2H3/t10-,14-/m1/s1. The van der Waals surface area contributed by atoms with Gasteiger partial charge in [-0.3, -0.25) is 9.59 Å². The molecule has 2 aliphatic carbocycles. The maximum absolute atomic E-state index is 12.7. The lowest BCUT2D eigenvalue weighted by Crippen LogP contribution is -2.33. The Bertz CT molecular complexity index is 677. The highest BCUT2D eigenvalue weighted by molar-refractivity contribution is 6.27. The summed E-state index contributed by atoms with van der Waals surface area (Å²) in [6, 6.07) is 6.91. The number of rotatable bonds is 1. The van der Waals surface area contributed by atoms with Crippen LogP contribution in [0.1, 0.15) is 41.0 Å². The molecule has 0 amide bonds. The number of carbonyl (C=O) groups is 2. The number of ketones is 2. The first-order chi connectivity index (χ1) is 9.52. The number of Topliss-reactive ketones (excluding diaryl/α,β-unsaturated/α-hetero) is 2. The van der Waals surface area contributed by atoms with Gasteiger partial charge in [0.15, 0.2) is 11.6 Å². The highest BCUT2D eigenvalue weighted by Crippen LogP contribution is 2.39. The largest absolute Gasteiger partial charge is 0.392 e. The van der Waals surface area contributed by atoms with Gasteiger partial charge in [-0.15, -0.1) is 0 Å². The van der Waals surface area contributed by atoms with Crippen molar-refractivity contribution in [1.82, 2.24) is 0 Å². The highest BCUT2D eigenvalue weighted by Gasteiger charge is 2.39. The Kier molecular flexibility index (Phi) is 2.94. The maximum atomic E-state index is 12.7. The van der Waals surface area contributed by atoms with Crippen molar-refractivity contribution < 1.29 is 14.7 Å². The van der Waals surface area contributed by atoms with E-state index in [9.17, 15) is 14.7 Å². The third-order valence-electron chi connectivity index (χ3n) is 4.17. The van der Waals surface area contributed by atoms with Gasteiger partial charge in [0.1, 0.15) is 0 Å². The molecule has 0 bridgehead atoms. The number of benzene rings is 1. The highest BCUT2D eigenvalue weighted by atomic mass is 16.3. The summed E-state index contributed by atoms with van der Waals surface area (Å²) in [7, 11) is 0. The number of aliphatic hydroxyl groups is 1. The molecule has 2 aliphatic rings. The number of aliphatic hydroxyl groups excluding tert-OH is 1. The Labute approximate surface area is 117 Å². The number of hydrogen-bond donors (Lipinski definition) is 1. The van der Waals surface area contributed by atoms with E-state index in [0.29, 0.717) is 28.7 Å². The smallest absolute Gasteiger partial charge is 0.190 e. The van der Waals surface area contributed by atoms with Crippen LogP contribution >= 0.6 is 0 Å². The summed E-state index contributed by atoms with van der Waals surface area (Å²) in [5, 5.41) is 10.00. The fourth-order valence-electron chi connectivity index (χ4n) is 3.22. The first-order valence-electron chi connectivity index (χ1n) is 6.78. The minimum atomic E-state index is -0.682. The van der Waals surface area contributed by atoms with Gasteiger partial charge < -0.3 is 5.11 Å². The molecule has 3 rings (SSSR count). The van der Waals surface area contributed by atoms with E-state index < -0.39 is 6.10 Å². The normalized spacial score (nSPS) is 23.1. The molecule has 1 aromatic rings. The van der Waals surface area contributed by atoms with E-state index in [1.54, 1.807) is 31.2 Å². The van der Waals surface area contributed by atoms with Crippen molar-refractivity contribution in [3.8, 4) is 0 Å². The molecule has 0 heterocycles. The van der Waals surface area contributed by atoms with Crippen molar-refractivity contribution >= 4 is 11.6 Å². The van der Waals surface area contributed by atoms with E-state index in [1.807, 2.05) is 13.0 Å². The van der Waals surface area contributed by atoms with Gasteiger partial charge in [0.05, 0.1) is 6.10 Å². The average Bonchev–Trinajstić information content (AvgIpc) is 2.44. The van der Waals surface area contributed by atoms with E-state index in [-0.39, 0.29) is 17.5 Å². The van der Waals surface area contributed by atoms with E-state index in [2.05, 4.69) is 0 Å². The molecule has 20 heavy (non-hydrogen) atoms. The van der Waals surface area contributed by atoms with Gasteiger partial charge in [-0.1, -0.05) is 35.9 Å². The molecule has 1 N–H and O–H groups in total. The summed E-state index contributed by atoms with van der Waals surface area (Å²) >= 11 is 0. The van der Waals surface area contributed by atoms with Crippen LogP contribution in [0.5, 0.6) is 0 Å². The molecule has 0 unspecified atom stereocenters. The first-order valence-corrected chi connectivity index (χ1v) is 6.78. The van der Waals surface area contributed by atoms with Gasteiger partial charge in [0.2, 0.25) is 0 Å². The van der Waals surface area contributed by atoms with Gasteiger partial charge in [0, 0.05) is 28.2 Å². The van der Waals surface area contributed by atoms with Crippen molar-refractivity contribution in [2.75, 3.05) is 0 Å². The van der Waals surface area contributed by atoms with Crippen LogP contribution in [0.3, 0.4) is 0 Å². The molecule has 1 aromatic carbocycles. The fraction of sp³-hybridized carbons (Fsp3) is 0.294. The first kappa shape index (κ1) is 13.0. The molecule has 102 valence electrons. The van der Waals surface area contributed by atoms with Crippen LogP contribution in [-0.2, 0) is 0 Å². The van der Waals surface area contributed by atoms with Crippen LogP contribution < -0.4 is 0 Å². The van der Waals surface area contributed by atoms with Crippen LogP contribution in [0, 0.1) is 5.92 Å². The van der Waals surface area contributed by atoms with Crippen molar-refractivity contribution in [2.24, 2.45) is 5.92 Å². The van der Waals surface area contributed by atoms with Crippen LogP contribution in [0.4, 0.5) is 0 Å². The van der Waals surface area contributed by atoms with Gasteiger partial charge >= 0.3 is 0 Å². The molecule has 0 aromatic heterocycles. The zero-order valence-electron chi connectivity index (χ0n) is 11.5. The van der Waals surface area contributed by atoms with Gasteiger partial charge in [-0.2, -0.15) is 0 Å². The Morgan fingerprint density at radius 2 is 1.75 bits per heavy atom. The zero-order valence-corrected chi connectivity index (χ0v) is 11.5. The summed E-state index contributed by atoms with van der Waals surface area (Å²) in [6.07, 6.45) is 1.73. The lowest BCUT2D eigenvalue weighted by molar-refractivity contribution is 0.0934. The summed E-state index contributed by atoms with van der Waals surface area (Å²) < 4.78 is 0. The lowest BCUT2D eigenvalue weighted by Gasteiger charge is -2.32. The Hall–Kier alpha value is -2.00. The Morgan fingerprint density at radius 3 is 2.35 bits per heavy atom. The van der Waals surface area contributed by atoms with Gasteiger partial charge in [-0.25, -0.2) is 0 Å². The fourth-order valence-corrected chi connectivity index (χ4v) is 3.22. The van der Waals surface area contributed by atoms with E-state index >= 15 is 0 Å². The van der Waals surface area contributed by atoms with Gasteiger partial charge in [-0.05, 0) is 20.3 Å². The Morgan fingerprint density at radius 1 is 1.15 bits per heavy atom. The summed E-state index contributed by atoms with van der Waals surface area (Å²) in [5.41, 5.74) is 2.93. The predicted molar refractivity (Wildman–Crippen MR) is 75.7 cm³/mol. The molecular formula is C17H16O3. The van der Waals surface area contributed by atoms with Crippen LogP contribution in [0.25, 0.3) is 0 Å². The monoisotopic (exact) mass is 268 g/mol. The lowest BCUT2D eigenvalue weighted by atomic mass is 9.71. The molecule has 2 atom stereocenters. The van der Waals surface area contributed by atoms with E-state index in [4.69, 9.17) is 0 Å². The summed E-state index contributed by atoms with van der Waals surface area (Å²) in [4.78, 5) is 25.3. The predicted octanol–water partition coefficient (Wildman–Crippen LogP) is 2.71. The number of fused-ring (bicyclic) bond motifs is 1. The van der Waals surface area contributed by atoms with Crippen molar-refractivity contribution in [2.45, 2.75) is 26.4 Å². The molecule has 3 heteroatoms. The molecule has 0 saturated carbocycles. The average molecular weight is 268 g/mol. The third-order valence-corrected chi connectivity index (χ3v) is 4.17. The molecule has 0 radical (unpaired) electrons. The van der Waals surface area contributed by atoms with Crippen molar-refractivity contribution in [3.05, 3.63) is 58.2 Å². The second-order valence-corrected chi connectivity index (χ2v) is 5.47.